The van der Waals surface area contributed by atoms with Crippen molar-refractivity contribution in [3.63, 3.8) is 0 Å². The average Bonchev–Trinajstić information content (AvgIpc) is 2.78. The maximum Gasteiger partial charge on any atom is 0.149 e. The van der Waals surface area contributed by atoms with E-state index in [9.17, 15) is 0 Å². The summed E-state index contributed by atoms with van der Waals surface area (Å²) in [7, 11) is 0. The molecule has 0 spiro atoms. The van der Waals surface area contributed by atoms with Gasteiger partial charge in [-0.15, -0.1) is 0 Å². The average molecular weight is 448 g/mol. The van der Waals surface area contributed by atoms with Crippen molar-refractivity contribution in [2.45, 2.75) is 0 Å². The number of nitrogens with zero attached hydrogens (tertiary/aromatic N) is 1. The van der Waals surface area contributed by atoms with Crippen LogP contribution in [0.2, 0.25) is 15.1 Å². The third-order valence-electron chi connectivity index (χ3n) is 5.19. The predicted octanol–water partition coefficient (Wildman–Crippen LogP) is 5.10. The van der Waals surface area contributed by atoms with Crippen LogP contribution in [-0.4, -0.2) is 11.1 Å². The molecule has 30 heavy (non-hydrogen) atoms. The molecule has 0 saturated heterocycles. The number of benzene rings is 3. The van der Waals surface area contributed by atoms with E-state index in [0.717, 1.165) is 16.4 Å². The van der Waals surface area contributed by atoms with Gasteiger partial charge in [-0.25, -0.2) is 4.98 Å². The monoisotopic (exact) mass is 446 g/mol. The number of rotatable bonds is 3. The summed E-state index contributed by atoms with van der Waals surface area (Å²) in [6.45, 7) is 0. The summed E-state index contributed by atoms with van der Waals surface area (Å²) in [6.07, 6.45) is 0.0814. The van der Waals surface area contributed by atoms with Crippen molar-refractivity contribution >= 4 is 57.3 Å². The van der Waals surface area contributed by atoms with Crippen molar-refractivity contribution in [2.75, 3.05) is 0 Å². The maximum atomic E-state index is 6.19. The van der Waals surface area contributed by atoms with Crippen LogP contribution < -0.4 is 16.4 Å². The van der Waals surface area contributed by atoms with Crippen molar-refractivity contribution in [1.29, 1.82) is 0 Å². The largest absolute Gasteiger partial charge is 0.290 e. The molecular formula is C25H16BCl3N-. The highest BCUT2D eigenvalue weighted by molar-refractivity contribution is 7.16. The highest BCUT2D eigenvalue weighted by Crippen LogP contribution is 2.14. The van der Waals surface area contributed by atoms with Crippen LogP contribution in [0.25, 0.3) is 0 Å². The Kier molecular flexibility index (Phi) is 6.16. The summed E-state index contributed by atoms with van der Waals surface area (Å²) in [5.41, 5.74) is 3.85. The van der Waals surface area contributed by atoms with Crippen molar-refractivity contribution in [2.24, 2.45) is 0 Å². The van der Waals surface area contributed by atoms with Crippen LogP contribution in [0.4, 0.5) is 0 Å². The van der Waals surface area contributed by atoms with E-state index in [1.807, 2.05) is 91.0 Å². The summed E-state index contributed by atoms with van der Waals surface area (Å²) in [5, 5.41) is 2.02. The first kappa shape index (κ1) is 20.6. The maximum absolute atomic E-state index is 6.19. The summed E-state index contributed by atoms with van der Waals surface area (Å²) in [4.78, 5) is 4.38. The molecule has 0 aliphatic rings. The van der Waals surface area contributed by atoms with Crippen LogP contribution in [0.3, 0.4) is 0 Å². The lowest BCUT2D eigenvalue weighted by molar-refractivity contribution is 1.29. The molecule has 0 bridgehead atoms. The fraction of sp³-hybridized carbons (Fsp3) is 0. The van der Waals surface area contributed by atoms with Crippen LogP contribution in [0, 0.1) is 11.7 Å². The Morgan fingerprint density at radius 2 is 1.00 bits per heavy atom. The summed E-state index contributed by atoms with van der Waals surface area (Å²) >= 11 is 18.6. The molecule has 4 rings (SSSR count). The van der Waals surface area contributed by atoms with Gasteiger partial charge in [-0.1, -0.05) is 83.2 Å². The molecule has 4 aromatic rings. The van der Waals surface area contributed by atoms with Gasteiger partial charge in [-0.3, -0.25) is 5.82 Å². The molecule has 0 radical (unpaired) electrons. The van der Waals surface area contributed by atoms with Crippen LogP contribution in [0.15, 0.2) is 97.2 Å². The van der Waals surface area contributed by atoms with E-state index >= 15 is 0 Å². The van der Waals surface area contributed by atoms with Crippen molar-refractivity contribution in [3.8, 4) is 11.7 Å². The van der Waals surface area contributed by atoms with Gasteiger partial charge in [-0.2, -0.15) is 16.4 Å². The lowest BCUT2D eigenvalue weighted by Crippen LogP contribution is -2.66. The van der Waals surface area contributed by atoms with Gasteiger partial charge < -0.3 is 0 Å². The molecule has 0 aliphatic carbocycles. The van der Waals surface area contributed by atoms with E-state index in [2.05, 4.69) is 16.7 Å². The minimum absolute atomic E-state index is 0.674. The lowest BCUT2D eigenvalue weighted by Gasteiger charge is -2.38. The van der Waals surface area contributed by atoms with Crippen LogP contribution in [0.1, 0.15) is 5.69 Å². The van der Waals surface area contributed by atoms with Gasteiger partial charge in [0.05, 0.1) is 0 Å². The minimum Gasteiger partial charge on any atom is -0.290 e. The third kappa shape index (κ3) is 4.25. The SMILES string of the molecule is Clc1ccc([B-](C#Cc2ccccn2)(c2ccc(Cl)cc2)c2ccc(Cl)cc2)cc1. The van der Waals surface area contributed by atoms with Crippen molar-refractivity contribution in [3.05, 3.63) is 118 Å². The van der Waals surface area contributed by atoms with Crippen molar-refractivity contribution in [1.82, 2.24) is 4.98 Å². The first-order chi connectivity index (χ1) is 14.6. The number of hydrogen-bond donors (Lipinski definition) is 0. The first-order valence-electron chi connectivity index (χ1n) is 9.46. The summed E-state index contributed by atoms with van der Waals surface area (Å²) in [6, 6.07) is 29.2. The molecule has 0 unspecified atom stereocenters. The first-order valence-corrected chi connectivity index (χ1v) is 10.6. The lowest BCUT2D eigenvalue weighted by atomic mass is 9.16. The Bertz CT molecular complexity index is 1080. The highest BCUT2D eigenvalue weighted by Gasteiger charge is 2.28. The van der Waals surface area contributed by atoms with Gasteiger partial charge in [0.15, 0.2) is 0 Å². The van der Waals surface area contributed by atoms with Crippen LogP contribution in [0.5, 0.6) is 0 Å². The van der Waals surface area contributed by atoms with Gasteiger partial charge in [0, 0.05) is 21.3 Å². The quantitative estimate of drug-likeness (QED) is 0.314. The van der Waals surface area contributed by atoms with Crippen LogP contribution >= 0.6 is 34.8 Å². The number of aromatic nitrogens is 1. The van der Waals surface area contributed by atoms with Crippen LogP contribution in [-0.2, 0) is 0 Å². The summed E-state index contributed by atoms with van der Waals surface area (Å²) < 4.78 is 0. The molecule has 0 atom stereocenters. The van der Waals surface area contributed by atoms with E-state index < -0.39 is 6.15 Å². The minimum atomic E-state index is -1.66. The number of pyridine rings is 1. The number of hydrogen-bond acceptors (Lipinski definition) is 1. The molecule has 146 valence electrons. The van der Waals surface area contributed by atoms with Gasteiger partial charge in [-0.05, 0) is 48.5 Å². The van der Waals surface area contributed by atoms with E-state index in [-0.39, 0.29) is 0 Å². The molecule has 0 aliphatic heterocycles. The standard InChI is InChI=1S/C25H16BCl3N/c27-22-10-4-19(5-11-22)26(20-6-12-23(28)13-7-20,21-8-14-24(29)15-9-21)17-16-25-3-1-2-18-30-25/h1-15,18H/q-1. The number of halogens is 3. The zero-order valence-corrected chi connectivity index (χ0v) is 18.2. The Balaban J connectivity index is 2.04. The zero-order valence-electron chi connectivity index (χ0n) is 15.9. The van der Waals surface area contributed by atoms with E-state index in [1.165, 1.54) is 0 Å². The molecule has 0 saturated carbocycles. The van der Waals surface area contributed by atoms with Crippen molar-refractivity contribution < 1.29 is 0 Å². The fourth-order valence-electron chi connectivity index (χ4n) is 3.70. The molecule has 0 N–H and O–H groups in total. The fourth-order valence-corrected chi connectivity index (χ4v) is 4.08. The second-order valence-corrected chi connectivity index (χ2v) is 8.31. The van der Waals surface area contributed by atoms with Gasteiger partial charge in [0.1, 0.15) is 11.8 Å². The molecular weight excluding hydrogens is 431 g/mol. The van der Waals surface area contributed by atoms with E-state index in [1.54, 1.807) is 6.20 Å². The molecule has 3 aromatic carbocycles. The second-order valence-electron chi connectivity index (χ2n) is 7.00. The summed E-state index contributed by atoms with van der Waals surface area (Å²) in [5.74, 6) is 6.87. The van der Waals surface area contributed by atoms with E-state index in [0.29, 0.717) is 20.8 Å². The Hall–Kier alpha value is -2.70. The Morgan fingerprint density at radius 1 is 0.567 bits per heavy atom. The Morgan fingerprint density at radius 3 is 1.37 bits per heavy atom. The topological polar surface area (TPSA) is 12.9 Å². The van der Waals surface area contributed by atoms with E-state index in [4.69, 9.17) is 34.8 Å². The molecule has 0 amide bonds. The normalized spacial score (nSPS) is 10.9. The van der Waals surface area contributed by atoms with Gasteiger partial charge in [0.2, 0.25) is 0 Å². The molecule has 1 heterocycles. The molecule has 1 aromatic heterocycles. The van der Waals surface area contributed by atoms with Gasteiger partial charge >= 0.3 is 0 Å². The second kappa shape index (κ2) is 8.98. The Labute approximate surface area is 191 Å². The predicted molar refractivity (Wildman–Crippen MR) is 130 cm³/mol. The molecule has 5 heteroatoms. The zero-order chi connectivity index (χ0) is 21.0. The van der Waals surface area contributed by atoms with Gasteiger partial charge in [0.25, 0.3) is 0 Å². The highest BCUT2D eigenvalue weighted by atomic mass is 35.5. The third-order valence-corrected chi connectivity index (χ3v) is 5.95. The molecule has 0 fully saturated rings. The molecule has 1 nitrogen and oxygen atoms in total. The smallest absolute Gasteiger partial charge is 0.149 e.